The molecule has 1 aliphatic heterocycles. The van der Waals surface area contributed by atoms with Crippen LogP contribution >= 0.6 is 0 Å². The highest BCUT2D eigenvalue weighted by molar-refractivity contribution is 5.77. The molecule has 2 rings (SSSR count). The molecule has 19 heavy (non-hydrogen) atoms. The molecule has 1 heterocycles. The first-order valence-electron chi connectivity index (χ1n) is 6.83. The standard InChI is InChI=1S/C15H23N3O/c1-11-9-18(10-12(2)19-11)14(8-15(16)17)13-6-4-3-5-7-13/h3-7,11-12,14H,8-10H2,1-2H3,(H3,16,17)/t11-,12+,14?. The van der Waals surface area contributed by atoms with Gasteiger partial charge in [0.1, 0.15) is 0 Å². The Bertz CT molecular complexity index is 411. The second-order valence-electron chi connectivity index (χ2n) is 5.37. The Morgan fingerprint density at radius 3 is 2.42 bits per heavy atom. The van der Waals surface area contributed by atoms with Crippen LogP contribution in [0.25, 0.3) is 0 Å². The summed E-state index contributed by atoms with van der Waals surface area (Å²) in [6, 6.07) is 10.5. The number of morpholine rings is 1. The molecule has 0 amide bonds. The van der Waals surface area contributed by atoms with Crippen LogP contribution in [0.4, 0.5) is 0 Å². The highest BCUT2D eigenvalue weighted by Gasteiger charge is 2.29. The normalized spacial score (nSPS) is 26.0. The van der Waals surface area contributed by atoms with Crippen LogP contribution in [-0.2, 0) is 4.74 Å². The van der Waals surface area contributed by atoms with Gasteiger partial charge >= 0.3 is 0 Å². The fraction of sp³-hybridized carbons (Fsp3) is 0.533. The zero-order valence-corrected chi connectivity index (χ0v) is 11.7. The Morgan fingerprint density at radius 1 is 1.32 bits per heavy atom. The lowest BCUT2D eigenvalue weighted by Gasteiger charge is -2.40. The molecule has 3 atom stereocenters. The minimum atomic E-state index is 0.174. The van der Waals surface area contributed by atoms with Gasteiger partial charge in [-0.05, 0) is 19.4 Å². The van der Waals surface area contributed by atoms with E-state index in [2.05, 4.69) is 30.9 Å². The first-order chi connectivity index (χ1) is 9.06. The minimum Gasteiger partial charge on any atom is -0.388 e. The average Bonchev–Trinajstić information content (AvgIpc) is 2.35. The molecular formula is C15H23N3O. The van der Waals surface area contributed by atoms with Crippen molar-refractivity contribution in [3.63, 3.8) is 0 Å². The number of hydrogen-bond acceptors (Lipinski definition) is 3. The molecule has 0 radical (unpaired) electrons. The van der Waals surface area contributed by atoms with Crippen LogP contribution in [0, 0.1) is 5.41 Å². The third-order valence-corrected chi connectivity index (χ3v) is 3.49. The lowest BCUT2D eigenvalue weighted by Crippen LogP contribution is -2.47. The maximum Gasteiger partial charge on any atom is 0.0924 e. The molecule has 1 fully saturated rings. The lowest BCUT2D eigenvalue weighted by molar-refractivity contribution is -0.0802. The van der Waals surface area contributed by atoms with Crippen molar-refractivity contribution >= 4 is 5.84 Å². The number of amidine groups is 1. The van der Waals surface area contributed by atoms with E-state index in [-0.39, 0.29) is 24.1 Å². The molecule has 0 bridgehead atoms. The predicted molar refractivity (Wildman–Crippen MR) is 77.3 cm³/mol. The summed E-state index contributed by atoms with van der Waals surface area (Å²) in [6.45, 7) is 5.96. The molecule has 0 saturated carbocycles. The molecule has 1 aliphatic rings. The number of nitrogens with zero attached hydrogens (tertiary/aromatic N) is 1. The third-order valence-electron chi connectivity index (χ3n) is 3.49. The van der Waals surface area contributed by atoms with Gasteiger partial charge < -0.3 is 10.5 Å². The quantitative estimate of drug-likeness (QED) is 0.645. The van der Waals surface area contributed by atoms with Gasteiger partial charge in [-0.1, -0.05) is 30.3 Å². The number of nitrogens with two attached hydrogens (primary N) is 1. The number of benzene rings is 1. The predicted octanol–water partition coefficient (Wildman–Crippen LogP) is 2.16. The highest BCUT2D eigenvalue weighted by atomic mass is 16.5. The van der Waals surface area contributed by atoms with Gasteiger partial charge in [-0.25, -0.2) is 0 Å². The first-order valence-corrected chi connectivity index (χ1v) is 6.83. The second-order valence-corrected chi connectivity index (χ2v) is 5.37. The molecule has 0 spiro atoms. The Hall–Kier alpha value is -1.39. The van der Waals surface area contributed by atoms with E-state index in [1.807, 2.05) is 18.2 Å². The van der Waals surface area contributed by atoms with E-state index in [0.29, 0.717) is 6.42 Å². The van der Waals surface area contributed by atoms with Crippen LogP contribution in [0.15, 0.2) is 30.3 Å². The summed E-state index contributed by atoms with van der Waals surface area (Å²) in [4.78, 5) is 2.38. The van der Waals surface area contributed by atoms with Gasteiger partial charge in [-0.3, -0.25) is 10.3 Å². The summed E-state index contributed by atoms with van der Waals surface area (Å²) >= 11 is 0. The van der Waals surface area contributed by atoms with Crippen molar-refractivity contribution in [1.82, 2.24) is 4.90 Å². The van der Waals surface area contributed by atoms with Crippen LogP contribution in [0.1, 0.15) is 31.9 Å². The minimum absolute atomic E-state index is 0.174. The second kappa shape index (κ2) is 6.17. The lowest BCUT2D eigenvalue weighted by atomic mass is 10.00. The molecule has 1 aromatic rings. The maximum atomic E-state index is 7.61. The molecule has 4 heteroatoms. The number of rotatable bonds is 4. The molecule has 104 valence electrons. The van der Waals surface area contributed by atoms with Crippen molar-refractivity contribution in [3.8, 4) is 0 Å². The summed E-state index contributed by atoms with van der Waals surface area (Å²) < 4.78 is 5.78. The van der Waals surface area contributed by atoms with Crippen LogP contribution in [0.2, 0.25) is 0 Å². The van der Waals surface area contributed by atoms with Gasteiger partial charge in [0.25, 0.3) is 0 Å². The summed E-state index contributed by atoms with van der Waals surface area (Å²) in [5, 5.41) is 7.61. The van der Waals surface area contributed by atoms with Crippen molar-refractivity contribution in [3.05, 3.63) is 35.9 Å². The zero-order valence-electron chi connectivity index (χ0n) is 11.7. The van der Waals surface area contributed by atoms with E-state index in [1.165, 1.54) is 5.56 Å². The van der Waals surface area contributed by atoms with Gasteiger partial charge in [0.2, 0.25) is 0 Å². The Kier molecular flexibility index (Phi) is 4.56. The van der Waals surface area contributed by atoms with Gasteiger partial charge in [-0.2, -0.15) is 0 Å². The van der Waals surface area contributed by atoms with Gasteiger partial charge in [0.15, 0.2) is 0 Å². The molecule has 1 aromatic carbocycles. The monoisotopic (exact) mass is 261 g/mol. The fourth-order valence-electron chi connectivity index (χ4n) is 2.81. The van der Waals surface area contributed by atoms with Crippen molar-refractivity contribution in [1.29, 1.82) is 5.41 Å². The van der Waals surface area contributed by atoms with E-state index >= 15 is 0 Å². The van der Waals surface area contributed by atoms with Crippen molar-refractivity contribution in [2.24, 2.45) is 5.73 Å². The average molecular weight is 261 g/mol. The van der Waals surface area contributed by atoms with Gasteiger partial charge in [0.05, 0.1) is 18.0 Å². The molecule has 0 aliphatic carbocycles. The van der Waals surface area contributed by atoms with Crippen LogP contribution in [0.3, 0.4) is 0 Å². The Balaban J connectivity index is 2.20. The van der Waals surface area contributed by atoms with E-state index in [9.17, 15) is 0 Å². The van der Waals surface area contributed by atoms with Crippen LogP contribution in [-0.4, -0.2) is 36.0 Å². The molecule has 1 unspecified atom stereocenters. The van der Waals surface area contributed by atoms with E-state index in [0.717, 1.165) is 13.1 Å². The van der Waals surface area contributed by atoms with E-state index in [4.69, 9.17) is 15.9 Å². The Morgan fingerprint density at radius 2 is 1.89 bits per heavy atom. The third kappa shape index (κ3) is 3.78. The van der Waals surface area contributed by atoms with Crippen LogP contribution in [0.5, 0.6) is 0 Å². The molecular weight excluding hydrogens is 238 g/mol. The number of hydrogen-bond donors (Lipinski definition) is 2. The summed E-state index contributed by atoms with van der Waals surface area (Å²) in [5.74, 6) is 0.237. The van der Waals surface area contributed by atoms with Crippen molar-refractivity contribution < 1.29 is 4.74 Å². The largest absolute Gasteiger partial charge is 0.388 e. The van der Waals surface area contributed by atoms with Crippen LogP contribution < -0.4 is 5.73 Å². The summed E-state index contributed by atoms with van der Waals surface area (Å²) in [5.41, 5.74) is 6.85. The fourth-order valence-corrected chi connectivity index (χ4v) is 2.81. The van der Waals surface area contributed by atoms with Gasteiger partial charge in [-0.15, -0.1) is 0 Å². The molecule has 1 saturated heterocycles. The number of nitrogens with one attached hydrogen (secondary N) is 1. The maximum absolute atomic E-state index is 7.61. The zero-order chi connectivity index (χ0) is 13.8. The van der Waals surface area contributed by atoms with E-state index in [1.54, 1.807) is 0 Å². The topological polar surface area (TPSA) is 62.3 Å². The summed E-state index contributed by atoms with van der Waals surface area (Å²) in [7, 11) is 0. The molecule has 4 nitrogen and oxygen atoms in total. The Labute approximate surface area is 115 Å². The smallest absolute Gasteiger partial charge is 0.0924 e. The van der Waals surface area contributed by atoms with E-state index < -0.39 is 0 Å². The SMILES string of the molecule is C[C@@H]1CN(C(CC(=N)N)c2ccccc2)C[C@H](C)O1. The number of ether oxygens (including phenoxy) is 1. The highest BCUT2D eigenvalue weighted by Crippen LogP contribution is 2.27. The summed E-state index contributed by atoms with van der Waals surface area (Å²) in [6.07, 6.45) is 1.02. The molecule has 3 N–H and O–H groups in total. The van der Waals surface area contributed by atoms with Crippen molar-refractivity contribution in [2.75, 3.05) is 13.1 Å². The first kappa shape index (κ1) is 14.0. The molecule has 0 aromatic heterocycles. The van der Waals surface area contributed by atoms with Gasteiger partial charge in [0, 0.05) is 25.6 Å². The van der Waals surface area contributed by atoms with Crippen molar-refractivity contribution in [2.45, 2.75) is 38.5 Å².